The van der Waals surface area contributed by atoms with Crippen molar-refractivity contribution in [2.24, 2.45) is 0 Å². The Balaban J connectivity index is 2.14. The van der Waals surface area contributed by atoms with Gasteiger partial charge in [0, 0.05) is 22.2 Å². The summed E-state index contributed by atoms with van der Waals surface area (Å²) in [6.07, 6.45) is 0. The molecule has 1 aliphatic rings. The minimum Gasteiger partial charge on any atom is -0.497 e. The van der Waals surface area contributed by atoms with E-state index >= 15 is 0 Å². The summed E-state index contributed by atoms with van der Waals surface area (Å²) in [4.78, 5) is 4.56. The molecule has 0 saturated carbocycles. The normalized spacial score (nSPS) is 19.3. The van der Waals surface area contributed by atoms with Crippen molar-refractivity contribution in [3.63, 3.8) is 0 Å². The van der Waals surface area contributed by atoms with E-state index in [0.29, 0.717) is 0 Å². The molecule has 1 aromatic heterocycles. The molecule has 122 valence electrons. The molecule has 2 heterocycles. The van der Waals surface area contributed by atoms with Crippen LogP contribution < -0.4 is 10.2 Å². The summed E-state index contributed by atoms with van der Waals surface area (Å²) in [6.45, 7) is 12.2. The smallest absolute Gasteiger partial charge is 0.497 e. The first-order valence-electron chi connectivity index (χ1n) is 7.96. The van der Waals surface area contributed by atoms with Gasteiger partial charge in [-0.05, 0) is 65.1 Å². The van der Waals surface area contributed by atoms with Gasteiger partial charge in [-0.1, -0.05) is 0 Å². The van der Waals surface area contributed by atoms with E-state index < -0.39 is 7.12 Å². The fourth-order valence-corrected chi connectivity index (χ4v) is 2.96. The molecular formula is C18H24BNO3. The average molecular weight is 313 g/mol. The number of methoxy groups -OCH3 is 1. The molecule has 4 nitrogen and oxygen atoms in total. The van der Waals surface area contributed by atoms with Crippen molar-refractivity contribution in [1.29, 1.82) is 0 Å². The maximum atomic E-state index is 6.18. The third kappa shape index (κ3) is 2.62. The SMILES string of the molecule is COc1cc2cc(C)nc(C)c2cc1B1OC(C)(C)C(C)(C)O1. The number of aromatic nitrogens is 1. The van der Waals surface area contributed by atoms with Gasteiger partial charge in [0.05, 0.1) is 18.3 Å². The Labute approximate surface area is 138 Å². The van der Waals surface area contributed by atoms with Crippen molar-refractivity contribution in [3.05, 3.63) is 29.6 Å². The number of aryl methyl sites for hydroxylation is 2. The second-order valence-corrected chi connectivity index (χ2v) is 7.25. The van der Waals surface area contributed by atoms with Crippen molar-refractivity contribution >= 4 is 23.4 Å². The van der Waals surface area contributed by atoms with Crippen molar-refractivity contribution in [2.75, 3.05) is 7.11 Å². The van der Waals surface area contributed by atoms with Crippen LogP contribution in [0, 0.1) is 13.8 Å². The van der Waals surface area contributed by atoms with Crippen LogP contribution in [0.25, 0.3) is 10.8 Å². The van der Waals surface area contributed by atoms with Crippen LogP contribution in [0.3, 0.4) is 0 Å². The lowest BCUT2D eigenvalue weighted by molar-refractivity contribution is 0.00578. The molecule has 0 bridgehead atoms. The Kier molecular flexibility index (Phi) is 3.69. The number of rotatable bonds is 2. The van der Waals surface area contributed by atoms with E-state index in [9.17, 15) is 0 Å². The second kappa shape index (κ2) is 5.21. The number of nitrogens with zero attached hydrogens (tertiary/aromatic N) is 1. The Morgan fingerprint density at radius 3 is 2.17 bits per heavy atom. The van der Waals surface area contributed by atoms with Gasteiger partial charge in [-0.3, -0.25) is 4.98 Å². The Hall–Kier alpha value is -1.59. The van der Waals surface area contributed by atoms with Crippen LogP contribution in [0.2, 0.25) is 0 Å². The summed E-state index contributed by atoms with van der Waals surface area (Å²) in [5.41, 5.74) is 2.16. The highest BCUT2D eigenvalue weighted by Crippen LogP contribution is 2.37. The van der Waals surface area contributed by atoms with E-state index in [1.165, 1.54) is 0 Å². The highest BCUT2D eigenvalue weighted by atomic mass is 16.7. The van der Waals surface area contributed by atoms with E-state index in [1.807, 2.05) is 19.9 Å². The highest BCUT2D eigenvalue weighted by molar-refractivity contribution is 6.63. The van der Waals surface area contributed by atoms with Gasteiger partial charge < -0.3 is 14.0 Å². The molecule has 0 unspecified atom stereocenters. The summed E-state index contributed by atoms with van der Waals surface area (Å²) in [5.74, 6) is 0.779. The first-order valence-corrected chi connectivity index (χ1v) is 7.96. The third-order valence-electron chi connectivity index (χ3n) is 5.01. The standard InChI is InChI=1S/C18H24BNO3/c1-11-8-13-9-16(21-7)15(10-14(13)12(2)20-11)19-22-17(3,4)18(5,6)23-19/h8-10H,1-7H3. The van der Waals surface area contributed by atoms with Gasteiger partial charge in [0.15, 0.2) is 0 Å². The lowest BCUT2D eigenvalue weighted by atomic mass is 9.77. The van der Waals surface area contributed by atoms with Gasteiger partial charge in [0.1, 0.15) is 5.75 Å². The molecule has 1 saturated heterocycles. The largest absolute Gasteiger partial charge is 0.498 e. The Morgan fingerprint density at radius 2 is 1.61 bits per heavy atom. The number of ether oxygens (including phenoxy) is 1. The zero-order chi connectivity index (χ0) is 17.0. The number of hydrogen-bond acceptors (Lipinski definition) is 4. The first kappa shape index (κ1) is 16.3. The molecule has 0 radical (unpaired) electrons. The quantitative estimate of drug-likeness (QED) is 0.799. The lowest BCUT2D eigenvalue weighted by Gasteiger charge is -2.32. The molecule has 1 aromatic carbocycles. The summed E-state index contributed by atoms with van der Waals surface area (Å²) in [5, 5.41) is 2.22. The van der Waals surface area contributed by atoms with Crippen LogP contribution in [0.4, 0.5) is 0 Å². The van der Waals surface area contributed by atoms with Gasteiger partial charge in [-0.25, -0.2) is 0 Å². The Bertz CT molecular complexity index is 754. The zero-order valence-electron chi connectivity index (χ0n) is 15.0. The first-order chi connectivity index (χ1) is 10.6. The van der Waals surface area contributed by atoms with Crippen LogP contribution >= 0.6 is 0 Å². The van der Waals surface area contributed by atoms with E-state index in [4.69, 9.17) is 14.0 Å². The van der Waals surface area contributed by atoms with Crippen molar-refractivity contribution < 1.29 is 14.0 Å². The average Bonchev–Trinajstić information content (AvgIpc) is 2.65. The molecule has 1 aliphatic heterocycles. The van der Waals surface area contributed by atoms with Crippen molar-refractivity contribution in [2.45, 2.75) is 52.7 Å². The topological polar surface area (TPSA) is 40.6 Å². The van der Waals surface area contributed by atoms with Gasteiger partial charge in [0.25, 0.3) is 0 Å². The summed E-state index contributed by atoms with van der Waals surface area (Å²) in [6, 6.07) is 6.19. The number of fused-ring (bicyclic) bond motifs is 1. The number of benzene rings is 1. The molecule has 5 heteroatoms. The molecule has 1 fully saturated rings. The van der Waals surface area contributed by atoms with Crippen molar-refractivity contribution in [1.82, 2.24) is 4.98 Å². The van der Waals surface area contributed by atoms with Gasteiger partial charge in [-0.15, -0.1) is 0 Å². The highest BCUT2D eigenvalue weighted by Gasteiger charge is 2.52. The fourth-order valence-electron chi connectivity index (χ4n) is 2.96. The molecule has 0 aliphatic carbocycles. The summed E-state index contributed by atoms with van der Waals surface area (Å²) in [7, 11) is 1.23. The maximum absolute atomic E-state index is 6.18. The minimum atomic E-state index is -0.444. The molecule has 3 rings (SSSR count). The monoisotopic (exact) mass is 313 g/mol. The predicted octanol–water partition coefficient (Wildman–Crippen LogP) is 3.16. The lowest BCUT2D eigenvalue weighted by Crippen LogP contribution is -2.41. The van der Waals surface area contributed by atoms with Gasteiger partial charge in [-0.2, -0.15) is 0 Å². The molecule has 0 spiro atoms. The molecule has 2 aromatic rings. The summed E-state index contributed by atoms with van der Waals surface area (Å²) < 4.78 is 18.0. The van der Waals surface area contributed by atoms with Crippen LogP contribution in [0.1, 0.15) is 39.1 Å². The minimum absolute atomic E-state index is 0.377. The van der Waals surface area contributed by atoms with E-state index in [-0.39, 0.29) is 11.2 Å². The molecule has 0 atom stereocenters. The Morgan fingerprint density at radius 1 is 1.00 bits per heavy atom. The van der Waals surface area contributed by atoms with Crippen LogP contribution in [0.15, 0.2) is 18.2 Å². The van der Waals surface area contributed by atoms with Gasteiger partial charge in [0.2, 0.25) is 0 Å². The van der Waals surface area contributed by atoms with E-state index in [2.05, 4.69) is 44.8 Å². The predicted molar refractivity (Wildman–Crippen MR) is 93.5 cm³/mol. The summed E-state index contributed by atoms with van der Waals surface area (Å²) >= 11 is 0. The second-order valence-electron chi connectivity index (χ2n) is 7.25. The zero-order valence-corrected chi connectivity index (χ0v) is 15.0. The number of pyridine rings is 1. The molecule has 0 N–H and O–H groups in total. The van der Waals surface area contributed by atoms with Crippen molar-refractivity contribution in [3.8, 4) is 5.75 Å². The molecule has 23 heavy (non-hydrogen) atoms. The number of hydrogen-bond donors (Lipinski definition) is 0. The van der Waals surface area contributed by atoms with Crippen LogP contribution in [0.5, 0.6) is 5.75 Å². The molecule has 0 amide bonds. The third-order valence-corrected chi connectivity index (χ3v) is 5.01. The van der Waals surface area contributed by atoms with Crippen LogP contribution in [-0.4, -0.2) is 30.4 Å². The van der Waals surface area contributed by atoms with E-state index in [0.717, 1.165) is 33.4 Å². The molecular weight excluding hydrogens is 289 g/mol. The van der Waals surface area contributed by atoms with E-state index in [1.54, 1.807) is 7.11 Å². The van der Waals surface area contributed by atoms with Crippen LogP contribution in [-0.2, 0) is 9.31 Å². The maximum Gasteiger partial charge on any atom is 0.498 e. The fraction of sp³-hybridized carbons (Fsp3) is 0.500. The van der Waals surface area contributed by atoms with Gasteiger partial charge >= 0.3 is 7.12 Å².